The Morgan fingerprint density at radius 1 is 1.21 bits per heavy atom. The minimum absolute atomic E-state index is 0.0294. The van der Waals surface area contributed by atoms with Gasteiger partial charge >= 0.3 is 0 Å². The minimum atomic E-state index is -0.511. The van der Waals surface area contributed by atoms with Crippen molar-refractivity contribution < 1.29 is 8.78 Å². The summed E-state index contributed by atoms with van der Waals surface area (Å²) in [5.74, 6) is -0.946. The fraction of sp³-hybridized carbons (Fsp3) is 0.273. The fourth-order valence-electron chi connectivity index (χ4n) is 1.58. The van der Waals surface area contributed by atoms with Crippen LogP contribution in [0.3, 0.4) is 0 Å². The molecule has 74 valence electrons. The molecule has 0 aliphatic heterocycles. The molecule has 0 radical (unpaired) electrons. The molecule has 2 aromatic rings. The van der Waals surface area contributed by atoms with Gasteiger partial charge < -0.3 is 4.98 Å². The fourth-order valence-corrected chi connectivity index (χ4v) is 1.58. The first-order valence-electron chi connectivity index (χ1n) is 4.57. The molecule has 1 aromatic heterocycles. The minimum Gasteiger partial charge on any atom is -0.356 e. The first-order chi connectivity index (χ1) is 6.61. The van der Waals surface area contributed by atoms with E-state index in [0.717, 1.165) is 0 Å². The first kappa shape index (κ1) is 9.19. The van der Waals surface area contributed by atoms with Gasteiger partial charge in [-0.25, -0.2) is 8.78 Å². The van der Waals surface area contributed by atoms with Crippen LogP contribution in [0, 0.1) is 11.6 Å². The molecular formula is C11H11F2N. The quantitative estimate of drug-likeness (QED) is 0.716. The van der Waals surface area contributed by atoms with Crippen LogP contribution >= 0.6 is 0 Å². The maximum atomic E-state index is 13.7. The summed E-state index contributed by atoms with van der Waals surface area (Å²) < 4.78 is 26.9. The zero-order chi connectivity index (χ0) is 10.3. The average molecular weight is 195 g/mol. The van der Waals surface area contributed by atoms with E-state index in [2.05, 4.69) is 4.98 Å². The monoisotopic (exact) mass is 195 g/mol. The van der Waals surface area contributed by atoms with Gasteiger partial charge in [0.05, 0.1) is 16.6 Å². The Labute approximate surface area is 80.7 Å². The molecule has 0 bridgehead atoms. The van der Waals surface area contributed by atoms with E-state index in [1.807, 2.05) is 13.8 Å². The van der Waals surface area contributed by atoms with Crippen molar-refractivity contribution in [1.82, 2.24) is 4.98 Å². The van der Waals surface area contributed by atoms with Crippen LogP contribution in [0.2, 0.25) is 0 Å². The third kappa shape index (κ3) is 1.20. The highest BCUT2D eigenvalue weighted by atomic mass is 19.1. The van der Waals surface area contributed by atoms with Crippen LogP contribution in [0.4, 0.5) is 8.78 Å². The molecule has 0 saturated carbocycles. The highest BCUT2D eigenvalue weighted by Gasteiger charge is 2.16. The normalized spacial score (nSPS) is 11.5. The van der Waals surface area contributed by atoms with Crippen molar-refractivity contribution in [1.29, 1.82) is 0 Å². The molecule has 0 unspecified atom stereocenters. The number of halogens is 2. The van der Waals surface area contributed by atoms with Crippen molar-refractivity contribution in [3.05, 3.63) is 35.5 Å². The predicted molar refractivity (Wildman–Crippen MR) is 52.3 cm³/mol. The summed E-state index contributed by atoms with van der Waals surface area (Å²) in [6.45, 7) is 3.73. The van der Waals surface area contributed by atoms with E-state index in [4.69, 9.17) is 0 Å². The topological polar surface area (TPSA) is 15.8 Å². The second-order valence-electron chi connectivity index (χ2n) is 3.67. The molecule has 0 amide bonds. The van der Waals surface area contributed by atoms with E-state index in [9.17, 15) is 8.78 Å². The van der Waals surface area contributed by atoms with Gasteiger partial charge in [-0.3, -0.25) is 0 Å². The molecule has 14 heavy (non-hydrogen) atoms. The SMILES string of the molecule is CC(C)c1[nH]c2cccc(F)c2c1F. The Kier molecular flexibility index (Phi) is 2.02. The summed E-state index contributed by atoms with van der Waals surface area (Å²) in [6.07, 6.45) is 0. The molecule has 0 atom stereocenters. The molecule has 0 aliphatic carbocycles. The summed E-state index contributed by atoms with van der Waals surface area (Å²) in [5.41, 5.74) is 0.983. The van der Waals surface area contributed by atoms with Crippen LogP contribution in [-0.4, -0.2) is 4.98 Å². The molecule has 0 fully saturated rings. The van der Waals surface area contributed by atoms with Gasteiger partial charge in [0.25, 0.3) is 0 Å². The van der Waals surface area contributed by atoms with Gasteiger partial charge in [0, 0.05) is 0 Å². The molecule has 0 aliphatic rings. The third-order valence-electron chi connectivity index (χ3n) is 2.32. The molecule has 2 rings (SSSR count). The molecule has 1 nitrogen and oxygen atoms in total. The summed E-state index contributed by atoms with van der Waals surface area (Å²) >= 11 is 0. The maximum absolute atomic E-state index is 13.7. The number of H-pyrrole nitrogens is 1. The van der Waals surface area contributed by atoms with Crippen LogP contribution < -0.4 is 0 Å². The lowest BCUT2D eigenvalue weighted by molar-refractivity contribution is 0.590. The van der Waals surface area contributed by atoms with Crippen molar-refractivity contribution in [3.63, 3.8) is 0 Å². The summed E-state index contributed by atoms with van der Waals surface area (Å²) in [7, 11) is 0. The smallest absolute Gasteiger partial charge is 0.154 e. The lowest BCUT2D eigenvalue weighted by Gasteiger charge is -1.99. The van der Waals surface area contributed by atoms with E-state index >= 15 is 0 Å². The number of aromatic nitrogens is 1. The zero-order valence-corrected chi connectivity index (χ0v) is 8.07. The summed E-state index contributed by atoms with van der Waals surface area (Å²) in [4.78, 5) is 2.89. The Morgan fingerprint density at radius 2 is 1.93 bits per heavy atom. The summed E-state index contributed by atoms with van der Waals surface area (Å²) in [5, 5.41) is 0.0659. The number of fused-ring (bicyclic) bond motifs is 1. The van der Waals surface area contributed by atoms with Crippen molar-refractivity contribution in [2.24, 2.45) is 0 Å². The number of aromatic amines is 1. The molecule has 1 N–H and O–H groups in total. The van der Waals surface area contributed by atoms with Crippen molar-refractivity contribution >= 4 is 10.9 Å². The number of hydrogen-bond donors (Lipinski definition) is 1. The van der Waals surface area contributed by atoms with Crippen molar-refractivity contribution in [2.75, 3.05) is 0 Å². The van der Waals surface area contributed by atoms with E-state index in [0.29, 0.717) is 11.2 Å². The second kappa shape index (κ2) is 3.08. The Morgan fingerprint density at radius 3 is 2.50 bits per heavy atom. The van der Waals surface area contributed by atoms with E-state index < -0.39 is 11.6 Å². The van der Waals surface area contributed by atoms with E-state index in [1.165, 1.54) is 6.07 Å². The number of hydrogen-bond acceptors (Lipinski definition) is 0. The largest absolute Gasteiger partial charge is 0.356 e. The van der Waals surface area contributed by atoms with Crippen molar-refractivity contribution in [2.45, 2.75) is 19.8 Å². The van der Waals surface area contributed by atoms with Gasteiger partial charge in [-0.1, -0.05) is 19.9 Å². The van der Waals surface area contributed by atoms with Gasteiger partial charge in [-0.2, -0.15) is 0 Å². The van der Waals surface area contributed by atoms with Crippen LogP contribution in [0.1, 0.15) is 25.5 Å². The van der Waals surface area contributed by atoms with Crippen molar-refractivity contribution in [3.8, 4) is 0 Å². The lowest BCUT2D eigenvalue weighted by Crippen LogP contribution is -1.90. The van der Waals surface area contributed by atoms with Crippen LogP contribution in [-0.2, 0) is 0 Å². The van der Waals surface area contributed by atoms with E-state index in [1.54, 1.807) is 12.1 Å². The molecule has 1 aromatic carbocycles. The Balaban J connectivity index is 2.81. The van der Waals surface area contributed by atoms with Gasteiger partial charge in [0.15, 0.2) is 5.82 Å². The first-order valence-corrected chi connectivity index (χ1v) is 4.57. The van der Waals surface area contributed by atoms with E-state index in [-0.39, 0.29) is 11.3 Å². The van der Waals surface area contributed by atoms with Gasteiger partial charge in [0.1, 0.15) is 5.82 Å². The molecule has 0 saturated heterocycles. The predicted octanol–water partition coefficient (Wildman–Crippen LogP) is 3.57. The van der Waals surface area contributed by atoms with Crippen LogP contribution in [0.5, 0.6) is 0 Å². The van der Waals surface area contributed by atoms with Gasteiger partial charge in [0.2, 0.25) is 0 Å². The standard InChI is InChI=1S/C11H11F2N/c1-6(2)11-10(13)9-7(12)4-3-5-8(9)14-11/h3-6,14H,1-2H3. The second-order valence-corrected chi connectivity index (χ2v) is 3.67. The number of rotatable bonds is 1. The molecule has 1 heterocycles. The molecular weight excluding hydrogens is 184 g/mol. The van der Waals surface area contributed by atoms with Gasteiger partial charge in [-0.15, -0.1) is 0 Å². The third-order valence-corrected chi connectivity index (χ3v) is 2.32. The van der Waals surface area contributed by atoms with Crippen LogP contribution in [0.15, 0.2) is 18.2 Å². The highest BCUT2D eigenvalue weighted by Crippen LogP contribution is 2.27. The zero-order valence-electron chi connectivity index (χ0n) is 8.07. The molecule has 0 spiro atoms. The van der Waals surface area contributed by atoms with Gasteiger partial charge in [-0.05, 0) is 18.1 Å². The molecule has 3 heteroatoms. The maximum Gasteiger partial charge on any atom is 0.154 e. The van der Waals surface area contributed by atoms with Crippen LogP contribution in [0.25, 0.3) is 10.9 Å². The number of benzene rings is 1. The Bertz CT molecular complexity index is 471. The lowest BCUT2D eigenvalue weighted by atomic mass is 10.1. The Hall–Kier alpha value is -1.38. The highest BCUT2D eigenvalue weighted by molar-refractivity contribution is 5.82. The summed E-state index contributed by atoms with van der Waals surface area (Å²) in [6, 6.07) is 4.51. The number of nitrogens with one attached hydrogen (secondary N) is 1. The average Bonchev–Trinajstić information content (AvgIpc) is 2.45.